The lowest BCUT2D eigenvalue weighted by atomic mass is 10.2. The molecule has 2 rings (SSSR count). The first-order valence-corrected chi connectivity index (χ1v) is 8.32. The van der Waals surface area contributed by atoms with Crippen molar-refractivity contribution in [3.63, 3.8) is 0 Å². The van der Waals surface area contributed by atoms with Gasteiger partial charge in [0.05, 0.1) is 19.8 Å². The Hall–Kier alpha value is -1.31. The Labute approximate surface area is 141 Å². The summed E-state index contributed by atoms with van der Waals surface area (Å²) in [5.74, 6) is 0. The highest BCUT2D eigenvalue weighted by atomic mass is 19.4. The van der Waals surface area contributed by atoms with Gasteiger partial charge < -0.3 is 15.0 Å². The Morgan fingerprint density at radius 1 is 1.17 bits per heavy atom. The van der Waals surface area contributed by atoms with Crippen molar-refractivity contribution in [3.8, 4) is 0 Å². The van der Waals surface area contributed by atoms with E-state index in [1.54, 1.807) is 0 Å². The average Bonchev–Trinajstić information content (AvgIpc) is 2.54. The average molecular weight is 345 g/mol. The zero-order valence-corrected chi connectivity index (χ0v) is 14.1. The quantitative estimate of drug-likeness (QED) is 0.733. The van der Waals surface area contributed by atoms with Crippen molar-refractivity contribution in [1.82, 2.24) is 10.2 Å². The van der Waals surface area contributed by atoms with Crippen molar-refractivity contribution in [2.75, 3.05) is 57.9 Å². The number of alkyl halides is 3. The van der Waals surface area contributed by atoms with Gasteiger partial charge in [-0.2, -0.15) is 13.2 Å². The number of ether oxygens (including phenoxy) is 1. The molecule has 1 heterocycles. The molecular weight excluding hydrogens is 319 g/mol. The van der Waals surface area contributed by atoms with Crippen molar-refractivity contribution >= 4 is 5.69 Å². The minimum Gasteiger partial charge on any atom is -0.378 e. The van der Waals surface area contributed by atoms with E-state index >= 15 is 0 Å². The summed E-state index contributed by atoms with van der Waals surface area (Å²) < 4.78 is 42.0. The summed E-state index contributed by atoms with van der Waals surface area (Å²) in [4.78, 5) is 3.61. The van der Waals surface area contributed by atoms with Gasteiger partial charge in [0.15, 0.2) is 0 Å². The van der Waals surface area contributed by atoms with Crippen LogP contribution in [0, 0.1) is 0 Å². The summed E-state index contributed by atoms with van der Waals surface area (Å²) >= 11 is 0. The molecule has 1 saturated heterocycles. The largest absolute Gasteiger partial charge is 0.401 e. The van der Waals surface area contributed by atoms with Crippen LogP contribution in [0.1, 0.15) is 12.0 Å². The second-order valence-electron chi connectivity index (χ2n) is 6.15. The number of hydrogen-bond donors (Lipinski definition) is 1. The first-order valence-electron chi connectivity index (χ1n) is 8.32. The molecule has 0 aliphatic carbocycles. The standard InChI is InChI=1S/C17H26F3N3O/c1-22(14-17(18,19)20)8-2-7-21-13-15-3-5-16(6-4-15)23-9-11-24-12-10-23/h3-6,21H,2,7-14H2,1H3. The van der Waals surface area contributed by atoms with Crippen LogP contribution < -0.4 is 10.2 Å². The highest BCUT2D eigenvalue weighted by Crippen LogP contribution is 2.17. The number of rotatable bonds is 8. The van der Waals surface area contributed by atoms with E-state index in [9.17, 15) is 13.2 Å². The summed E-state index contributed by atoms with van der Waals surface area (Å²) in [5.41, 5.74) is 2.38. The molecule has 0 atom stereocenters. The number of morpholine rings is 1. The molecule has 7 heteroatoms. The molecule has 1 aromatic rings. The van der Waals surface area contributed by atoms with Crippen LogP contribution in [-0.4, -0.2) is 64.1 Å². The molecule has 4 nitrogen and oxygen atoms in total. The van der Waals surface area contributed by atoms with Gasteiger partial charge in [0.1, 0.15) is 0 Å². The van der Waals surface area contributed by atoms with Gasteiger partial charge in [0, 0.05) is 25.3 Å². The van der Waals surface area contributed by atoms with Crippen molar-refractivity contribution in [2.45, 2.75) is 19.1 Å². The fourth-order valence-electron chi connectivity index (χ4n) is 2.74. The van der Waals surface area contributed by atoms with Crippen molar-refractivity contribution < 1.29 is 17.9 Å². The molecule has 1 aliphatic heterocycles. The van der Waals surface area contributed by atoms with E-state index in [0.29, 0.717) is 19.5 Å². The van der Waals surface area contributed by atoms with Crippen molar-refractivity contribution in [3.05, 3.63) is 29.8 Å². The summed E-state index contributed by atoms with van der Waals surface area (Å²) in [6, 6.07) is 8.40. The molecule has 0 spiro atoms. The van der Waals surface area contributed by atoms with E-state index in [4.69, 9.17) is 4.74 Å². The first-order chi connectivity index (χ1) is 11.4. The maximum Gasteiger partial charge on any atom is 0.401 e. The van der Waals surface area contributed by atoms with Crippen LogP contribution in [0.3, 0.4) is 0 Å². The predicted molar refractivity (Wildman–Crippen MR) is 89.3 cm³/mol. The third-order valence-electron chi connectivity index (χ3n) is 3.98. The summed E-state index contributed by atoms with van der Waals surface area (Å²) in [6.45, 7) is 4.39. The molecule has 136 valence electrons. The summed E-state index contributed by atoms with van der Waals surface area (Å²) in [7, 11) is 1.50. The van der Waals surface area contributed by atoms with Crippen LogP contribution in [0.5, 0.6) is 0 Å². The molecule has 0 bridgehead atoms. The van der Waals surface area contributed by atoms with Crippen LogP contribution in [0.25, 0.3) is 0 Å². The maximum atomic E-state index is 12.2. The van der Waals surface area contributed by atoms with E-state index in [1.807, 2.05) is 0 Å². The predicted octanol–water partition coefficient (Wildman–Crippen LogP) is 2.50. The van der Waals surface area contributed by atoms with Gasteiger partial charge >= 0.3 is 6.18 Å². The van der Waals surface area contributed by atoms with Crippen molar-refractivity contribution in [2.24, 2.45) is 0 Å². The monoisotopic (exact) mass is 345 g/mol. The van der Waals surface area contributed by atoms with Crippen LogP contribution in [-0.2, 0) is 11.3 Å². The van der Waals surface area contributed by atoms with Crippen LogP contribution in [0.4, 0.5) is 18.9 Å². The van der Waals surface area contributed by atoms with Gasteiger partial charge in [0.25, 0.3) is 0 Å². The van der Waals surface area contributed by atoms with Crippen LogP contribution in [0.15, 0.2) is 24.3 Å². The molecule has 1 aliphatic rings. The summed E-state index contributed by atoms with van der Waals surface area (Å²) in [5, 5.41) is 3.28. The van der Waals surface area contributed by atoms with Crippen molar-refractivity contribution in [1.29, 1.82) is 0 Å². The third kappa shape index (κ3) is 7.07. The third-order valence-corrected chi connectivity index (χ3v) is 3.98. The highest BCUT2D eigenvalue weighted by Gasteiger charge is 2.28. The number of benzene rings is 1. The van der Waals surface area contributed by atoms with Gasteiger partial charge in [-0.15, -0.1) is 0 Å². The highest BCUT2D eigenvalue weighted by molar-refractivity contribution is 5.47. The fraction of sp³-hybridized carbons (Fsp3) is 0.647. The zero-order valence-electron chi connectivity index (χ0n) is 14.1. The number of nitrogens with one attached hydrogen (secondary N) is 1. The second kappa shape index (κ2) is 9.25. The lowest BCUT2D eigenvalue weighted by molar-refractivity contribution is -0.143. The van der Waals surface area contributed by atoms with E-state index in [-0.39, 0.29) is 0 Å². The van der Waals surface area contributed by atoms with Crippen LogP contribution >= 0.6 is 0 Å². The fourth-order valence-corrected chi connectivity index (χ4v) is 2.74. The Balaban J connectivity index is 1.62. The molecule has 1 N–H and O–H groups in total. The van der Waals surface area contributed by atoms with E-state index in [2.05, 4.69) is 34.5 Å². The molecule has 1 fully saturated rings. The first kappa shape index (κ1) is 19.0. The number of halogens is 3. The molecule has 0 amide bonds. The maximum absolute atomic E-state index is 12.2. The van der Waals surface area contributed by atoms with E-state index in [0.717, 1.165) is 32.8 Å². The number of hydrogen-bond acceptors (Lipinski definition) is 4. The topological polar surface area (TPSA) is 27.7 Å². The van der Waals surface area contributed by atoms with Gasteiger partial charge in [-0.1, -0.05) is 12.1 Å². The lowest BCUT2D eigenvalue weighted by Crippen LogP contribution is -2.36. The Kier molecular flexibility index (Phi) is 7.33. The molecule has 24 heavy (non-hydrogen) atoms. The molecular formula is C17H26F3N3O. The minimum absolute atomic E-state index is 0.433. The zero-order chi connectivity index (χ0) is 17.4. The minimum atomic E-state index is -4.12. The number of nitrogens with zero attached hydrogens (tertiary/aromatic N) is 2. The van der Waals surface area contributed by atoms with Crippen LogP contribution in [0.2, 0.25) is 0 Å². The molecule has 1 aromatic carbocycles. The molecule has 0 saturated carbocycles. The smallest absolute Gasteiger partial charge is 0.378 e. The van der Waals surface area contributed by atoms with Gasteiger partial charge in [0.2, 0.25) is 0 Å². The Morgan fingerprint density at radius 3 is 2.46 bits per heavy atom. The van der Waals surface area contributed by atoms with E-state index < -0.39 is 12.7 Å². The van der Waals surface area contributed by atoms with Gasteiger partial charge in [-0.3, -0.25) is 4.90 Å². The Morgan fingerprint density at radius 2 is 1.83 bits per heavy atom. The number of anilines is 1. The SMILES string of the molecule is CN(CCCNCc1ccc(N2CCOCC2)cc1)CC(F)(F)F. The Bertz CT molecular complexity index is 473. The molecule has 0 radical (unpaired) electrons. The summed E-state index contributed by atoms with van der Waals surface area (Å²) in [6.07, 6.45) is -3.43. The lowest BCUT2D eigenvalue weighted by Gasteiger charge is -2.28. The molecule has 0 unspecified atom stereocenters. The van der Waals surface area contributed by atoms with Gasteiger partial charge in [-0.05, 0) is 44.3 Å². The normalized spacial score (nSPS) is 16.0. The second-order valence-corrected chi connectivity index (χ2v) is 6.15. The van der Waals surface area contributed by atoms with E-state index in [1.165, 1.54) is 23.2 Å². The van der Waals surface area contributed by atoms with Gasteiger partial charge in [-0.25, -0.2) is 0 Å². The molecule has 0 aromatic heterocycles.